The molecule has 2 aliphatic heterocycles. The quantitative estimate of drug-likeness (QED) is 0.159. The first-order chi connectivity index (χ1) is 18.6. The van der Waals surface area contributed by atoms with Gasteiger partial charge in [0.2, 0.25) is 5.92 Å². The Morgan fingerprint density at radius 3 is 2.41 bits per heavy atom. The number of nitrogens with zero attached hydrogens (tertiary/aromatic N) is 4. The lowest BCUT2D eigenvalue weighted by Crippen LogP contribution is -2.51. The Hall–Kier alpha value is -3.17. The third-order valence-electron chi connectivity index (χ3n) is 5.86. The van der Waals surface area contributed by atoms with E-state index in [1.54, 1.807) is 19.2 Å². The number of carbonyl (C=O) groups excluding carboxylic acids is 1. The predicted octanol–water partition coefficient (Wildman–Crippen LogP) is 5.30. The SMILES string of the molecule is C=C/C=C\C(=C)C1=CN=C(N2CCN(C(C)C=O)CC2)CC1.CC/C=C\C(=C/CC(C)(F)F)NC=NC.CO. The molecule has 0 saturated carbocycles. The fourth-order valence-corrected chi connectivity index (χ4v) is 3.62. The van der Waals surface area contributed by atoms with Crippen molar-refractivity contribution < 1.29 is 18.7 Å². The number of aldehydes is 1. The molecule has 2 N–H and O–H groups in total. The van der Waals surface area contributed by atoms with Crippen molar-refractivity contribution in [3.63, 3.8) is 0 Å². The summed E-state index contributed by atoms with van der Waals surface area (Å²) < 4.78 is 25.2. The van der Waals surface area contributed by atoms with E-state index in [1.807, 2.05) is 38.3 Å². The number of allylic oxidation sites excluding steroid dienone is 8. The van der Waals surface area contributed by atoms with Crippen molar-refractivity contribution in [3.05, 3.63) is 72.7 Å². The maximum atomic E-state index is 12.6. The summed E-state index contributed by atoms with van der Waals surface area (Å²) in [6.07, 6.45) is 17.7. The van der Waals surface area contributed by atoms with E-state index in [2.05, 4.69) is 38.3 Å². The maximum absolute atomic E-state index is 12.6. The van der Waals surface area contributed by atoms with Crippen LogP contribution < -0.4 is 5.32 Å². The van der Waals surface area contributed by atoms with Gasteiger partial charge in [0.25, 0.3) is 0 Å². The van der Waals surface area contributed by atoms with Gasteiger partial charge in [0.1, 0.15) is 12.1 Å². The second-order valence-electron chi connectivity index (χ2n) is 9.00. The summed E-state index contributed by atoms with van der Waals surface area (Å²) in [5.74, 6) is -1.52. The minimum Gasteiger partial charge on any atom is -0.400 e. The van der Waals surface area contributed by atoms with Crippen LogP contribution in [0.4, 0.5) is 8.78 Å². The van der Waals surface area contributed by atoms with Gasteiger partial charge in [0.15, 0.2) is 0 Å². The Morgan fingerprint density at radius 1 is 1.26 bits per heavy atom. The Morgan fingerprint density at radius 2 is 1.92 bits per heavy atom. The standard InChI is InChI=1S/C18H25N3O.C11H18F2N2.CH4O/c1-4-5-6-15(2)17-7-8-18(19-13-17)21-11-9-20(10-12-21)16(3)14-22;1-4-5-6-10(15-9-14-3)7-8-11(2,12)13;1-2/h4-6,13-14,16H,1-2,7-12H2,3H3;5-7,9H,4,8H2,1-3H3,(H,14,15);2H,1H3/b6-5-;6-5-,10-7+;. The molecule has 0 spiro atoms. The summed E-state index contributed by atoms with van der Waals surface area (Å²) in [5, 5.41) is 9.83. The second-order valence-corrected chi connectivity index (χ2v) is 9.00. The lowest BCUT2D eigenvalue weighted by Gasteiger charge is -2.38. The first-order valence-corrected chi connectivity index (χ1v) is 13.2. The van der Waals surface area contributed by atoms with Gasteiger partial charge in [-0.05, 0) is 43.9 Å². The van der Waals surface area contributed by atoms with E-state index < -0.39 is 5.92 Å². The van der Waals surface area contributed by atoms with Crippen LogP contribution in [0.25, 0.3) is 0 Å². The summed E-state index contributed by atoms with van der Waals surface area (Å²) in [6, 6.07) is 0.0157. The second kappa shape index (κ2) is 20.7. The molecule has 0 radical (unpaired) electrons. The number of aliphatic hydroxyl groups excluding tert-OH is 1. The van der Waals surface area contributed by atoms with Crippen LogP contribution in [0.5, 0.6) is 0 Å². The molecule has 9 heteroatoms. The van der Waals surface area contributed by atoms with Crippen LogP contribution in [-0.2, 0) is 4.79 Å². The lowest BCUT2D eigenvalue weighted by molar-refractivity contribution is -0.112. The third kappa shape index (κ3) is 15.7. The number of alkyl halides is 2. The number of aliphatic hydroxyl groups is 1. The Labute approximate surface area is 233 Å². The van der Waals surface area contributed by atoms with Gasteiger partial charge in [-0.2, -0.15) is 0 Å². The summed E-state index contributed by atoms with van der Waals surface area (Å²) in [5.41, 5.74) is 2.84. The molecule has 0 aromatic heterocycles. The molecule has 7 nitrogen and oxygen atoms in total. The fourth-order valence-electron chi connectivity index (χ4n) is 3.62. The zero-order chi connectivity index (χ0) is 29.7. The summed E-state index contributed by atoms with van der Waals surface area (Å²) >= 11 is 0. The molecular formula is C30H47F2N5O2. The molecule has 1 fully saturated rings. The first kappa shape index (κ1) is 35.8. The minimum atomic E-state index is -2.67. The molecular weight excluding hydrogens is 500 g/mol. The van der Waals surface area contributed by atoms with E-state index in [1.165, 1.54) is 18.0 Å². The van der Waals surface area contributed by atoms with Crippen LogP contribution in [-0.4, -0.2) is 85.7 Å². The number of amidine groups is 1. The molecule has 39 heavy (non-hydrogen) atoms. The largest absolute Gasteiger partial charge is 0.400 e. The van der Waals surface area contributed by atoms with E-state index in [9.17, 15) is 13.6 Å². The van der Waals surface area contributed by atoms with Gasteiger partial charge in [0.05, 0.1) is 12.4 Å². The number of hydrogen-bond acceptors (Lipinski definition) is 6. The molecule has 0 aromatic rings. The number of aliphatic imine (C=N–C) groups is 2. The van der Waals surface area contributed by atoms with Crippen LogP contribution >= 0.6 is 0 Å². The minimum absolute atomic E-state index is 0.0157. The van der Waals surface area contributed by atoms with Gasteiger partial charge in [-0.1, -0.05) is 50.5 Å². The van der Waals surface area contributed by atoms with E-state index >= 15 is 0 Å². The highest BCUT2D eigenvalue weighted by molar-refractivity contribution is 5.84. The van der Waals surface area contributed by atoms with Gasteiger partial charge < -0.3 is 20.1 Å². The topological polar surface area (TPSA) is 80.5 Å². The van der Waals surface area contributed by atoms with E-state index in [4.69, 9.17) is 5.11 Å². The average Bonchev–Trinajstić information content (AvgIpc) is 2.96. The molecule has 2 rings (SSSR count). The molecule has 2 heterocycles. The van der Waals surface area contributed by atoms with Crippen molar-refractivity contribution in [1.29, 1.82) is 0 Å². The smallest absolute Gasteiger partial charge is 0.248 e. The van der Waals surface area contributed by atoms with Crippen LogP contribution in [0.3, 0.4) is 0 Å². The Bertz CT molecular complexity index is 922. The molecule has 0 amide bonds. The van der Waals surface area contributed by atoms with Crippen molar-refractivity contribution >= 4 is 18.5 Å². The number of hydrogen-bond donors (Lipinski definition) is 2. The molecule has 1 unspecified atom stereocenters. The highest BCUT2D eigenvalue weighted by atomic mass is 19.3. The van der Waals surface area contributed by atoms with Crippen molar-refractivity contribution in [2.24, 2.45) is 9.98 Å². The lowest BCUT2D eigenvalue weighted by atomic mass is 10.0. The molecule has 0 aliphatic carbocycles. The Kier molecular flexibility index (Phi) is 19.1. The first-order valence-electron chi connectivity index (χ1n) is 13.2. The van der Waals surface area contributed by atoms with Crippen LogP contribution in [0.15, 0.2) is 82.6 Å². The van der Waals surface area contributed by atoms with Gasteiger partial charge in [-0.25, -0.2) is 13.8 Å². The molecule has 2 aliphatic rings. The molecule has 218 valence electrons. The molecule has 1 atom stereocenters. The number of halogens is 2. The highest BCUT2D eigenvalue weighted by Crippen LogP contribution is 2.22. The number of piperazine rings is 1. The molecule has 0 aromatic carbocycles. The molecule has 1 saturated heterocycles. The highest BCUT2D eigenvalue weighted by Gasteiger charge is 2.23. The number of rotatable bonds is 11. The van der Waals surface area contributed by atoms with Gasteiger partial charge in [0, 0.05) is 65.1 Å². The monoisotopic (exact) mass is 547 g/mol. The van der Waals surface area contributed by atoms with E-state index in [0.29, 0.717) is 5.70 Å². The summed E-state index contributed by atoms with van der Waals surface area (Å²) in [4.78, 5) is 23.8. The number of carbonyl (C=O) groups is 1. The van der Waals surface area contributed by atoms with Gasteiger partial charge in [-0.15, -0.1) is 0 Å². The van der Waals surface area contributed by atoms with Crippen molar-refractivity contribution in [1.82, 2.24) is 15.1 Å². The van der Waals surface area contributed by atoms with E-state index in [-0.39, 0.29) is 12.5 Å². The third-order valence-corrected chi connectivity index (χ3v) is 5.86. The van der Waals surface area contributed by atoms with Crippen LogP contribution in [0.2, 0.25) is 0 Å². The summed E-state index contributed by atoms with van der Waals surface area (Å²) in [7, 11) is 2.61. The maximum Gasteiger partial charge on any atom is 0.248 e. The normalized spacial score (nSPS) is 17.5. The number of nitrogens with one attached hydrogen (secondary N) is 1. The van der Waals surface area contributed by atoms with Crippen molar-refractivity contribution in [2.45, 2.75) is 58.4 Å². The fraction of sp³-hybridized carbons (Fsp3) is 0.500. The van der Waals surface area contributed by atoms with Crippen molar-refractivity contribution in [3.8, 4) is 0 Å². The predicted molar refractivity (Wildman–Crippen MR) is 160 cm³/mol. The van der Waals surface area contributed by atoms with Crippen LogP contribution in [0.1, 0.15) is 46.5 Å². The van der Waals surface area contributed by atoms with E-state index in [0.717, 1.165) is 77.2 Å². The van der Waals surface area contributed by atoms with Gasteiger partial charge >= 0.3 is 0 Å². The van der Waals surface area contributed by atoms with Gasteiger partial charge in [-0.3, -0.25) is 9.89 Å². The van der Waals surface area contributed by atoms with Crippen LogP contribution in [0, 0.1) is 0 Å². The zero-order valence-electron chi connectivity index (χ0n) is 24.2. The average molecular weight is 548 g/mol. The van der Waals surface area contributed by atoms with Crippen molar-refractivity contribution in [2.75, 3.05) is 40.3 Å². The Balaban J connectivity index is 0.000000746. The zero-order valence-corrected chi connectivity index (χ0v) is 24.2. The summed E-state index contributed by atoms with van der Waals surface area (Å²) in [6.45, 7) is 16.3. The molecule has 0 bridgehead atoms.